The molecule has 0 bridgehead atoms. The lowest BCUT2D eigenvalue weighted by molar-refractivity contribution is -0.143. The number of esters is 1. The van der Waals surface area contributed by atoms with Gasteiger partial charge in [-0.25, -0.2) is 0 Å². The Morgan fingerprint density at radius 3 is 2.53 bits per heavy atom. The first kappa shape index (κ1) is 14.1. The Morgan fingerprint density at radius 1 is 1.29 bits per heavy atom. The molecule has 1 unspecified atom stereocenters. The van der Waals surface area contributed by atoms with Crippen molar-refractivity contribution >= 4 is 18.6 Å². The van der Waals surface area contributed by atoms with Gasteiger partial charge in [-0.1, -0.05) is 44.2 Å². The lowest BCUT2D eigenvalue weighted by Gasteiger charge is -2.11. The van der Waals surface area contributed by atoms with Crippen LogP contribution in [0.15, 0.2) is 30.3 Å². The summed E-state index contributed by atoms with van der Waals surface area (Å²) in [6, 6.07) is 9.85. The van der Waals surface area contributed by atoms with E-state index in [-0.39, 0.29) is 11.2 Å². The number of benzene rings is 1. The second kappa shape index (κ2) is 7.38. The van der Waals surface area contributed by atoms with Gasteiger partial charge in [0.05, 0.1) is 6.61 Å². The molecule has 0 radical (unpaired) electrons. The maximum atomic E-state index is 11.6. The second-order valence-electron chi connectivity index (χ2n) is 4.56. The molecule has 0 heterocycles. The summed E-state index contributed by atoms with van der Waals surface area (Å²) in [4.78, 5) is 11.6. The minimum absolute atomic E-state index is 0.224. The molecule has 94 valence electrons. The fourth-order valence-electron chi connectivity index (χ4n) is 1.41. The van der Waals surface area contributed by atoms with Crippen molar-refractivity contribution in [3.8, 4) is 0 Å². The van der Waals surface area contributed by atoms with Crippen molar-refractivity contribution in [3.05, 3.63) is 35.9 Å². The lowest BCUT2D eigenvalue weighted by Crippen LogP contribution is -2.21. The van der Waals surface area contributed by atoms with E-state index in [1.165, 1.54) is 0 Å². The smallest absolute Gasteiger partial charge is 0.319 e. The molecule has 0 N–H and O–H groups in total. The van der Waals surface area contributed by atoms with Gasteiger partial charge in [0.25, 0.3) is 0 Å². The van der Waals surface area contributed by atoms with E-state index in [0.717, 1.165) is 12.0 Å². The second-order valence-corrected chi connectivity index (χ2v) is 5.18. The van der Waals surface area contributed by atoms with Gasteiger partial charge < -0.3 is 4.74 Å². The first-order chi connectivity index (χ1) is 8.09. The molecule has 0 fully saturated rings. The average molecular weight is 252 g/mol. The monoisotopic (exact) mass is 252 g/mol. The van der Waals surface area contributed by atoms with E-state index in [1.807, 2.05) is 30.3 Å². The molecule has 1 aromatic carbocycles. The van der Waals surface area contributed by atoms with Crippen LogP contribution in [0.25, 0.3) is 0 Å². The fourth-order valence-corrected chi connectivity index (χ4v) is 1.70. The van der Waals surface area contributed by atoms with E-state index in [1.54, 1.807) is 0 Å². The predicted molar refractivity (Wildman–Crippen MR) is 73.3 cm³/mol. The van der Waals surface area contributed by atoms with E-state index >= 15 is 0 Å². The zero-order valence-corrected chi connectivity index (χ0v) is 11.3. The first-order valence-electron chi connectivity index (χ1n) is 5.98. The Labute approximate surface area is 109 Å². The van der Waals surface area contributed by atoms with Crippen LogP contribution in [0.1, 0.15) is 25.8 Å². The molecule has 1 aromatic rings. The van der Waals surface area contributed by atoms with Crippen molar-refractivity contribution in [2.24, 2.45) is 5.92 Å². The van der Waals surface area contributed by atoms with Crippen molar-refractivity contribution in [1.82, 2.24) is 0 Å². The van der Waals surface area contributed by atoms with Crippen molar-refractivity contribution in [2.45, 2.75) is 31.9 Å². The van der Waals surface area contributed by atoms with E-state index in [0.29, 0.717) is 18.9 Å². The van der Waals surface area contributed by atoms with Crippen molar-refractivity contribution in [1.29, 1.82) is 0 Å². The minimum Gasteiger partial charge on any atom is -0.465 e. The number of hydrogen-bond acceptors (Lipinski definition) is 3. The Kier molecular flexibility index (Phi) is 6.12. The topological polar surface area (TPSA) is 26.3 Å². The summed E-state index contributed by atoms with van der Waals surface area (Å²) in [5, 5.41) is -0.371. The molecule has 0 saturated heterocycles. The molecule has 0 aliphatic rings. The van der Waals surface area contributed by atoms with Gasteiger partial charge in [-0.05, 0) is 24.3 Å². The molecule has 0 spiro atoms. The molecule has 0 aliphatic heterocycles. The number of hydrogen-bond donors (Lipinski definition) is 1. The molecule has 0 amide bonds. The van der Waals surface area contributed by atoms with Gasteiger partial charge in [0.2, 0.25) is 0 Å². The summed E-state index contributed by atoms with van der Waals surface area (Å²) in [6.07, 6.45) is 1.52. The highest BCUT2D eigenvalue weighted by molar-refractivity contribution is 7.81. The summed E-state index contributed by atoms with van der Waals surface area (Å²) < 4.78 is 5.17. The molecule has 3 heteroatoms. The van der Waals surface area contributed by atoms with Crippen LogP contribution in [-0.2, 0) is 16.0 Å². The summed E-state index contributed by atoms with van der Waals surface area (Å²) in [5.41, 5.74) is 1.10. The summed E-state index contributed by atoms with van der Waals surface area (Å²) >= 11 is 4.29. The third kappa shape index (κ3) is 5.78. The Balaban J connectivity index is 2.32. The predicted octanol–water partition coefficient (Wildman–Crippen LogP) is 3.12. The van der Waals surface area contributed by atoms with Crippen LogP contribution in [-0.4, -0.2) is 17.8 Å². The molecule has 0 aromatic heterocycles. The molecular weight excluding hydrogens is 232 g/mol. The third-order valence-corrected chi connectivity index (χ3v) is 2.88. The molecule has 2 nitrogen and oxygen atoms in total. The van der Waals surface area contributed by atoms with Gasteiger partial charge >= 0.3 is 5.97 Å². The van der Waals surface area contributed by atoms with E-state index in [2.05, 4.69) is 26.5 Å². The highest BCUT2D eigenvalue weighted by Crippen LogP contribution is 2.10. The molecule has 17 heavy (non-hydrogen) atoms. The van der Waals surface area contributed by atoms with Gasteiger partial charge in [0.1, 0.15) is 5.25 Å². The van der Waals surface area contributed by atoms with Crippen LogP contribution in [0.3, 0.4) is 0 Å². The SMILES string of the molecule is CC(C)CCOC(=O)C(S)Cc1ccccc1. The van der Waals surface area contributed by atoms with Crippen molar-refractivity contribution in [3.63, 3.8) is 0 Å². The molecule has 1 atom stereocenters. The fraction of sp³-hybridized carbons (Fsp3) is 0.500. The highest BCUT2D eigenvalue weighted by atomic mass is 32.1. The largest absolute Gasteiger partial charge is 0.465 e. The maximum absolute atomic E-state index is 11.6. The Hall–Kier alpha value is -0.960. The Bertz CT molecular complexity index is 335. The zero-order chi connectivity index (χ0) is 12.7. The standard InChI is InChI=1S/C14H20O2S/c1-11(2)8-9-16-14(15)13(17)10-12-6-4-3-5-7-12/h3-7,11,13,17H,8-10H2,1-2H3. The van der Waals surface area contributed by atoms with Crippen LogP contribution in [0.5, 0.6) is 0 Å². The number of ether oxygens (including phenoxy) is 1. The quantitative estimate of drug-likeness (QED) is 0.622. The number of carbonyl (C=O) groups is 1. The normalized spacial score (nSPS) is 12.5. The molecule has 0 saturated carbocycles. The van der Waals surface area contributed by atoms with E-state index in [4.69, 9.17) is 4.74 Å². The van der Waals surface area contributed by atoms with E-state index in [9.17, 15) is 4.79 Å². The van der Waals surface area contributed by atoms with Crippen LogP contribution in [0.2, 0.25) is 0 Å². The van der Waals surface area contributed by atoms with Crippen LogP contribution < -0.4 is 0 Å². The van der Waals surface area contributed by atoms with Gasteiger partial charge in [-0.15, -0.1) is 0 Å². The highest BCUT2D eigenvalue weighted by Gasteiger charge is 2.15. The van der Waals surface area contributed by atoms with E-state index < -0.39 is 0 Å². The summed E-state index contributed by atoms with van der Waals surface area (Å²) in [6.45, 7) is 4.70. The molecule has 0 aliphatic carbocycles. The van der Waals surface area contributed by atoms with Crippen LogP contribution >= 0.6 is 12.6 Å². The first-order valence-corrected chi connectivity index (χ1v) is 6.50. The van der Waals surface area contributed by atoms with Crippen molar-refractivity contribution in [2.75, 3.05) is 6.61 Å². The van der Waals surface area contributed by atoms with Crippen molar-refractivity contribution < 1.29 is 9.53 Å². The number of rotatable bonds is 6. The van der Waals surface area contributed by atoms with Gasteiger partial charge in [0.15, 0.2) is 0 Å². The lowest BCUT2D eigenvalue weighted by atomic mass is 10.1. The number of thiol groups is 1. The van der Waals surface area contributed by atoms with Gasteiger partial charge in [-0.3, -0.25) is 4.79 Å². The summed E-state index contributed by atoms with van der Waals surface area (Å²) in [5.74, 6) is 0.327. The zero-order valence-electron chi connectivity index (χ0n) is 10.4. The maximum Gasteiger partial charge on any atom is 0.319 e. The summed E-state index contributed by atoms with van der Waals surface area (Å²) in [7, 11) is 0. The molecule has 1 rings (SSSR count). The number of carbonyl (C=O) groups excluding carboxylic acids is 1. The third-order valence-electron chi connectivity index (χ3n) is 2.48. The van der Waals surface area contributed by atoms with Crippen LogP contribution in [0.4, 0.5) is 0 Å². The average Bonchev–Trinajstić information content (AvgIpc) is 2.29. The van der Waals surface area contributed by atoms with Gasteiger partial charge in [-0.2, -0.15) is 12.6 Å². The Morgan fingerprint density at radius 2 is 1.94 bits per heavy atom. The molecular formula is C14H20O2S. The minimum atomic E-state index is -0.371. The van der Waals surface area contributed by atoms with Crippen LogP contribution in [0, 0.1) is 5.92 Å². The van der Waals surface area contributed by atoms with Gasteiger partial charge in [0, 0.05) is 0 Å².